The zero-order chi connectivity index (χ0) is 12.5. The zero-order valence-electron chi connectivity index (χ0n) is 9.47. The molecule has 0 radical (unpaired) electrons. The zero-order valence-corrected chi connectivity index (χ0v) is 10.3. The second kappa shape index (κ2) is 4.19. The Hall–Kier alpha value is -2.28. The molecule has 0 aliphatic rings. The van der Waals surface area contributed by atoms with Crippen LogP contribution >= 0.6 is 11.3 Å². The number of rotatable bonds is 2. The Balaban J connectivity index is 1.88. The molecule has 1 amide bonds. The summed E-state index contributed by atoms with van der Waals surface area (Å²) in [7, 11) is 0. The number of nitrogens with one attached hydrogen (secondary N) is 2. The van der Waals surface area contributed by atoms with Crippen molar-refractivity contribution < 1.29 is 4.79 Å². The average molecular weight is 259 g/mol. The van der Waals surface area contributed by atoms with Crippen LogP contribution in [0.2, 0.25) is 0 Å². The first-order valence-electron chi connectivity index (χ1n) is 5.27. The van der Waals surface area contributed by atoms with Gasteiger partial charge < -0.3 is 5.32 Å². The number of carbonyl (C=O) groups excluding carboxylic acids is 1. The van der Waals surface area contributed by atoms with Gasteiger partial charge in [0.2, 0.25) is 0 Å². The Morgan fingerprint density at radius 2 is 2.33 bits per heavy atom. The molecule has 7 heteroatoms. The number of hydrogen-bond acceptors (Lipinski definition) is 5. The molecule has 18 heavy (non-hydrogen) atoms. The molecule has 0 saturated carbocycles. The molecule has 2 aromatic heterocycles. The van der Waals surface area contributed by atoms with Crippen molar-refractivity contribution in [1.82, 2.24) is 20.4 Å². The Labute approximate surface area is 106 Å². The maximum atomic E-state index is 11.8. The molecule has 0 fully saturated rings. The highest BCUT2D eigenvalue weighted by Gasteiger charge is 2.09. The Kier molecular flexibility index (Phi) is 2.52. The van der Waals surface area contributed by atoms with E-state index in [9.17, 15) is 4.79 Å². The van der Waals surface area contributed by atoms with Crippen LogP contribution in [-0.4, -0.2) is 26.3 Å². The number of thiazole rings is 1. The number of aromatic amines is 1. The molecular weight excluding hydrogens is 250 g/mol. The molecule has 0 aliphatic carbocycles. The van der Waals surface area contributed by atoms with Crippen molar-refractivity contribution in [1.29, 1.82) is 0 Å². The van der Waals surface area contributed by atoms with E-state index in [0.717, 1.165) is 20.9 Å². The van der Waals surface area contributed by atoms with Gasteiger partial charge in [-0.05, 0) is 25.1 Å². The third-order valence-corrected chi connectivity index (χ3v) is 3.33. The second-order valence-corrected chi connectivity index (χ2v) is 4.96. The van der Waals surface area contributed by atoms with Gasteiger partial charge in [0.15, 0.2) is 5.69 Å². The van der Waals surface area contributed by atoms with Crippen molar-refractivity contribution in [2.75, 3.05) is 5.32 Å². The summed E-state index contributed by atoms with van der Waals surface area (Å²) in [6, 6.07) is 5.61. The number of benzene rings is 1. The van der Waals surface area contributed by atoms with Crippen LogP contribution in [0.4, 0.5) is 5.69 Å². The average Bonchev–Trinajstić information content (AvgIpc) is 2.95. The highest BCUT2D eigenvalue weighted by molar-refractivity contribution is 7.18. The van der Waals surface area contributed by atoms with Crippen LogP contribution in [0.1, 0.15) is 15.5 Å². The summed E-state index contributed by atoms with van der Waals surface area (Å²) in [6.07, 6.45) is 1.38. The minimum atomic E-state index is -0.288. The van der Waals surface area contributed by atoms with Crippen LogP contribution < -0.4 is 5.32 Å². The van der Waals surface area contributed by atoms with E-state index < -0.39 is 0 Å². The molecule has 90 valence electrons. The van der Waals surface area contributed by atoms with E-state index in [1.165, 1.54) is 6.20 Å². The Bertz CT molecular complexity index is 703. The highest BCUT2D eigenvalue weighted by Crippen LogP contribution is 2.24. The number of nitrogens with zero attached hydrogens (tertiary/aromatic N) is 3. The molecule has 3 aromatic rings. The van der Waals surface area contributed by atoms with Crippen LogP contribution in [0.5, 0.6) is 0 Å². The van der Waals surface area contributed by atoms with E-state index >= 15 is 0 Å². The summed E-state index contributed by atoms with van der Waals surface area (Å²) in [6.45, 7) is 1.96. The van der Waals surface area contributed by atoms with Crippen LogP contribution in [0, 0.1) is 6.92 Å². The minimum Gasteiger partial charge on any atom is -0.320 e. The quantitative estimate of drug-likeness (QED) is 0.737. The van der Waals surface area contributed by atoms with E-state index in [1.807, 2.05) is 25.1 Å². The Morgan fingerprint density at radius 1 is 1.44 bits per heavy atom. The first-order valence-corrected chi connectivity index (χ1v) is 6.08. The minimum absolute atomic E-state index is 0.260. The first kappa shape index (κ1) is 10.8. The lowest BCUT2D eigenvalue weighted by Crippen LogP contribution is -2.12. The predicted octanol–water partition coefficient (Wildman–Crippen LogP) is 1.98. The Morgan fingerprint density at radius 3 is 3.11 bits per heavy atom. The van der Waals surface area contributed by atoms with E-state index in [1.54, 1.807) is 11.3 Å². The van der Waals surface area contributed by atoms with Gasteiger partial charge in [-0.1, -0.05) is 0 Å². The summed E-state index contributed by atoms with van der Waals surface area (Å²) in [4.78, 5) is 16.1. The molecule has 2 heterocycles. The van der Waals surface area contributed by atoms with Gasteiger partial charge in [-0.3, -0.25) is 4.79 Å². The largest absolute Gasteiger partial charge is 0.320 e. The van der Waals surface area contributed by atoms with Crippen molar-refractivity contribution in [3.05, 3.63) is 35.1 Å². The molecule has 2 N–H and O–H groups in total. The molecular formula is C11H9N5OS. The van der Waals surface area contributed by atoms with Gasteiger partial charge in [0.1, 0.15) is 0 Å². The lowest BCUT2D eigenvalue weighted by molar-refractivity contribution is 0.102. The molecule has 6 nitrogen and oxygen atoms in total. The van der Waals surface area contributed by atoms with Gasteiger partial charge in [0.25, 0.3) is 5.91 Å². The normalized spacial score (nSPS) is 10.7. The predicted molar refractivity (Wildman–Crippen MR) is 68.7 cm³/mol. The number of aryl methyl sites for hydroxylation is 1. The van der Waals surface area contributed by atoms with E-state index in [-0.39, 0.29) is 11.6 Å². The van der Waals surface area contributed by atoms with Gasteiger partial charge in [0.05, 0.1) is 21.4 Å². The van der Waals surface area contributed by atoms with E-state index in [0.29, 0.717) is 0 Å². The van der Waals surface area contributed by atoms with Gasteiger partial charge in [-0.25, -0.2) is 4.98 Å². The van der Waals surface area contributed by atoms with Crippen molar-refractivity contribution in [2.24, 2.45) is 0 Å². The third-order valence-electron chi connectivity index (χ3n) is 2.40. The molecule has 0 unspecified atom stereocenters. The standard InChI is InChI=1S/C11H9N5OS/c1-6-13-8-3-2-7(4-10(8)18-6)14-11(17)9-5-12-16-15-9/h2-5H,1H3,(H,14,17)(H,12,15,16). The number of carbonyl (C=O) groups is 1. The fraction of sp³-hybridized carbons (Fsp3) is 0.0909. The van der Waals surface area contributed by atoms with Gasteiger partial charge in [0, 0.05) is 5.69 Å². The number of aromatic nitrogens is 4. The monoisotopic (exact) mass is 259 g/mol. The first-order chi connectivity index (χ1) is 8.72. The van der Waals surface area contributed by atoms with E-state index in [4.69, 9.17) is 0 Å². The van der Waals surface area contributed by atoms with Crippen molar-refractivity contribution in [3.63, 3.8) is 0 Å². The lowest BCUT2D eigenvalue weighted by atomic mass is 10.3. The summed E-state index contributed by atoms with van der Waals surface area (Å²) < 4.78 is 1.05. The summed E-state index contributed by atoms with van der Waals surface area (Å²) >= 11 is 1.59. The fourth-order valence-electron chi connectivity index (χ4n) is 1.62. The van der Waals surface area contributed by atoms with Crippen molar-refractivity contribution >= 4 is 33.1 Å². The van der Waals surface area contributed by atoms with E-state index in [2.05, 4.69) is 25.7 Å². The van der Waals surface area contributed by atoms with Crippen LogP contribution in [0.25, 0.3) is 10.2 Å². The number of amides is 1. The molecule has 0 aliphatic heterocycles. The summed E-state index contributed by atoms with van der Waals surface area (Å²) in [5.41, 5.74) is 1.92. The van der Waals surface area contributed by atoms with Crippen molar-refractivity contribution in [2.45, 2.75) is 6.92 Å². The van der Waals surface area contributed by atoms with Gasteiger partial charge in [-0.15, -0.1) is 11.3 Å². The maximum Gasteiger partial charge on any atom is 0.277 e. The topological polar surface area (TPSA) is 83.6 Å². The van der Waals surface area contributed by atoms with Gasteiger partial charge in [-0.2, -0.15) is 15.4 Å². The van der Waals surface area contributed by atoms with Crippen LogP contribution in [0.15, 0.2) is 24.4 Å². The lowest BCUT2D eigenvalue weighted by Gasteiger charge is -2.01. The number of H-pyrrole nitrogens is 1. The molecule has 0 spiro atoms. The SMILES string of the molecule is Cc1nc2ccc(NC(=O)c3cn[nH]n3)cc2s1. The van der Waals surface area contributed by atoms with Gasteiger partial charge >= 0.3 is 0 Å². The van der Waals surface area contributed by atoms with Crippen molar-refractivity contribution in [3.8, 4) is 0 Å². The molecule has 1 aromatic carbocycles. The summed E-state index contributed by atoms with van der Waals surface area (Å²) in [5.74, 6) is -0.288. The maximum absolute atomic E-state index is 11.8. The molecule has 0 saturated heterocycles. The van der Waals surface area contributed by atoms with Crippen LogP contribution in [0.3, 0.4) is 0 Å². The molecule has 0 atom stereocenters. The number of fused-ring (bicyclic) bond motifs is 1. The highest BCUT2D eigenvalue weighted by atomic mass is 32.1. The smallest absolute Gasteiger partial charge is 0.277 e. The van der Waals surface area contributed by atoms with Crippen LogP contribution in [-0.2, 0) is 0 Å². The second-order valence-electron chi connectivity index (χ2n) is 3.72. The fourth-order valence-corrected chi connectivity index (χ4v) is 2.49. The molecule has 3 rings (SSSR count). The summed E-state index contributed by atoms with van der Waals surface area (Å²) in [5, 5.41) is 13.5. The third kappa shape index (κ3) is 1.95. The number of hydrogen-bond donors (Lipinski definition) is 2. The number of anilines is 1. The molecule has 0 bridgehead atoms.